The molecule has 1 heterocycles. The fourth-order valence-corrected chi connectivity index (χ4v) is 2.75. The van der Waals surface area contributed by atoms with Gasteiger partial charge >= 0.3 is 0 Å². The Morgan fingerprint density at radius 2 is 2.19 bits per heavy atom. The van der Waals surface area contributed by atoms with Crippen LogP contribution in [-0.4, -0.2) is 17.4 Å². The summed E-state index contributed by atoms with van der Waals surface area (Å²) in [6.07, 6.45) is 0. The van der Waals surface area contributed by atoms with Crippen molar-refractivity contribution in [3.63, 3.8) is 0 Å². The molecule has 0 fully saturated rings. The van der Waals surface area contributed by atoms with E-state index in [2.05, 4.69) is 10.3 Å². The summed E-state index contributed by atoms with van der Waals surface area (Å²) in [6, 6.07) is 3.35. The molecule has 0 spiro atoms. The highest BCUT2D eigenvalue weighted by Crippen LogP contribution is 2.22. The van der Waals surface area contributed by atoms with E-state index in [9.17, 15) is 13.6 Å². The van der Waals surface area contributed by atoms with Gasteiger partial charge in [0.25, 0.3) is 0 Å². The fraction of sp³-hybridized carbons (Fsp3) is 0.286. The Balaban J connectivity index is 2.04. The average molecular weight is 311 g/mol. The maximum atomic E-state index is 13.5. The largest absolute Gasteiger partial charge is 0.377 e. The van der Waals surface area contributed by atoms with Crippen LogP contribution in [0.15, 0.2) is 23.6 Å². The van der Waals surface area contributed by atoms with Gasteiger partial charge in [-0.15, -0.1) is 11.3 Å². The Labute approximate surface area is 125 Å². The number of hydrogen-bond donors (Lipinski definition) is 1. The molecule has 0 unspecified atom stereocenters. The van der Waals surface area contributed by atoms with E-state index >= 15 is 0 Å². The molecule has 0 atom stereocenters. The van der Waals surface area contributed by atoms with Crippen LogP contribution in [0.1, 0.15) is 19.5 Å². The van der Waals surface area contributed by atoms with Crippen molar-refractivity contribution in [1.29, 1.82) is 0 Å². The molecule has 4 nitrogen and oxygen atoms in total. The number of nitrogens with one attached hydrogen (secondary N) is 1. The molecular weight excluding hydrogens is 296 g/mol. The predicted octanol–water partition coefficient (Wildman–Crippen LogP) is 3.41. The van der Waals surface area contributed by atoms with E-state index in [0.29, 0.717) is 23.9 Å². The van der Waals surface area contributed by atoms with Crippen molar-refractivity contribution in [3.8, 4) is 0 Å². The van der Waals surface area contributed by atoms with Gasteiger partial charge in [-0.2, -0.15) is 0 Å². The number of amides is 1. The standard InChI is InChI=1S/C14H15F2N3OS/c1-3-19(9(2)20)14-18-11(8-21-14)7-17-13-5-4-10(15)6-12(13)16/h4-6,8,17H,3,7H2,1-2H3. The molecule has 0 saturated carbocycles. The van der Waals surface area contributed by atoms with Gasteiger partial charge in [0.2, 0.25) is 5.91 Å². The van der Waals surface area contributed by atoms with Gasteiger partial charge in [-0.05, 0) is 19.1 Å². The lowest BCUT2D eigenvalue weighted by Gasteiger charge is -2.14. The summed E-state index contributed by atoms with van der Waals surface area (Å²) >= 11 is 1.35. The van der Waals surface area contributed by atoms with Crippen molar-refractivity contribution >= 4 is 28.1 Å². The lowest BCUT2D eigenvalue weighted by molar-refractivity contribution is -0.116. The molecule has 2 aromatic rings. The third kappa shape index (κ3) is 3.75. The van der Waals surface area contributed by atoms with Crippen LogP contribution in [0.3, 0.4) is 0 Å². The lowest BCUT2D eigenvalue weighted by atomic mass is 10.3. The molecule has 112 valence electrons. The summed E-state index contributed by atoms with van der Waals surface area (Å²) in [4.78, 5) is 17.3. The van der Waals surface area contributed by atoms with Crippen molar-refractivity contribution in [2.45, 2.75) is 20.4 Å². The second kappa shape index (κ2) is 6.62. The minimum Gasteiger partial charge on any atom is -0.377 e. The molecular formula is C14H15F2N3OS. The summed E-state index contributed by atoms with van der Waals surface area (Å²) in [7, 11) is 0. The van der Waals surface area contributed by atoms with Crippen molar-refractivity contribution < 1.29 is 13.6 Å². The topological polar surface area (TPSA) is 45.2 Å². The van der Waals surface area contributed by atoms with Crippen LogP contribution in [0.2, 0.25) is 0 Å². The molecule has 0 radical (unpaired) electrons. The van der Waals surface area contributed by atoms with Crippen molar-refractivity contribution in [1.82, 2.24) is 4.98 Å². The first-order chi connectivity index (χ1) is 10.0. The summed E-state index contributed by atoms with van der Waals surface area (Å²) in [5.74, 6) is -1.34. The molecule has 0 aliphatic carbocycles. The third-order valence-electron chi connectivity index (χ3n) is 2.86. The van der Waals surface area contributed by atoms with E-state index < -0.39 is 11.6 Å². The molecule has 1 aromatic carbocycles. The van der Waals surface area contributed by atoms with E-state index in [4.69, 9.17) is 0 Å². The van der Waals surface area contributed by atoms with Gasteiger partial charge in [-0.25, -0.2) is 13.8 Å². The Morgan fingerprint density at radius 1 is 1.43 bits per heavy atom. The molecule has 0 saturated heterocycles. The van der Waals surface area contributed by atoms with Crippen LogP contribution in [0.4, 0.5) is 19.6 Å². The van der Waals surface area contributed by atoms with Gasteiger partial charge in [-0.1, -0.05) is 0 Å². The highest BCUT2D eigenvalue weighted by Gasteiger charge is 2.13. The van der Waals surface area contributed by atoms with Gasteiger partial charge in [0.05, 0.1) is 17.9 Å². The summed E-state index contributed by atoms with van der Waals surface area (Å²) in [5.41, 5.74) is 0.906. The number of anilines is 2. The van der Waals surface area contributed by atoms with E-state index in [0.717, 1.165) is 6.07 Å². The number of aromatic nitrogens is 1. The smallest absolute Gasteiger partial charge is 0.225 e. The number of halogens is 2. The monoisotopic (exact) mass is 311 g/mol. The number of nitrogens with zero attached hydrogens (tertiary/aromatic N) is 2. The average Bonchev–Trinajstić information content (AvgIpc) is 2.87. The first-order valence-electron chi connectivity index (χ1n) is 6.42. The molecule has 1 amide bonds. The predicted molar refractivity (Wildman–Crippen MR) is 79.5 cm³/mol. The SMILES string of the molecule is CCN(C(C)=O)c1nc(CNc2ccc(F)cc2F)cs1. The van der Waals surface area contributed by atoms with Gasteiger partial charge in [0.15, 0.2) is 5.13 Å². The van der Waals surface area contributed by atoms with Crippen molar-refractivity contribution in [2.24, 2.45) is 0 Å². The quantitative estimate of drug-likeness (QED) is 0.920. The third-order valence-corrected chi connectivity index (χ3v) is 3.77. The fourth-order valence-electron chi connectivity index (χ4n) is 1.81. The second-order valence-electron chi connectivity index (χ2n) is 4.36. The normalized spacial score (nSPS) is 10.5. The number of benzene rings is 1. The van der Waals surface area contributed by atoms with Crippen molar-refractivity contribution in [2.75, 3.05) is 16.8 Å². The van der Waals surface area contributed by atoms with Crippen LogP contribution < -0.4 is 10.2 Å². The zero-order valence-corrected chi connectivity index (χ0v) is 12.5. The van der Waals surface area contributed by atoms with Crippen LogP contribution in [-0.2, 0) is 11.3 Å². The highest BCUT2D eigenvalue weighted by molar-refractivity contribution is 7.14. The number of rotatable bonds is 5. The Morgan fingerprint density at radius 3 is 2.81 bits per heavy atom. The van der Waals surface area contributed by atoms with Gasteiger partial charge in [0.1, 0.15) is 11.6 Å². The van der Waals surface area contributed by atoms with Gasteiger partial charge in [0, 0.05) is 24.9 Å². The minimum atomic E-state index is -0.649. The van der Waals surface area contributed by atoms with Crippen LogP contribution in [0, 0.1) is 11.6 Å². The summed E-state index contributed by atoms with van der Waals surface area (Å²) < 4.78 is 26.3. The molecule has 0 aliphatic rings. The zero-order chi connectivity index (χ0) is 15.4. The molecule has 1 aromatic heterocycles. The maximum Gasteiger partial charge on any atom is 0.225 e. The molecule has 7 heteroatoms. The van der Waals surface area contributed by atoms with Crippen LogP contribution >= 0.6 is 11.3 Å². The van der Waals surface area contributed by atoms with E-state index in [1.807, 2.05) is 6.92 Å². The lowest BCUT2D eigenvalue weighted by Crippen LogP contribution is -2.27. The highest BCUT2D eigenvalue weighted by atomic mass is 32.1. The van der Waals surface area contributed by atoms with Gasteiger partial charge in [-0.3, -0.25) is 9.69 Å². The number of thiazole rings is 1. The maximum absolute atomic E-state index is 13.5. The Kier molecular flexibility index (Phi) is 4.85. The first kappa shape index (κ1) is 15.4. The summed E-state index contributed by atoms with van der Waals surface area (Å²) in [6.45, 7) is 4.20. The summed E-state index contributed by atoms with van der Waals surface area (Å²) in [5, 5.41) is 5.27. The van der Waals surface area contributed by atoms with Crippen molar-refractivity contribution in [3.05, 3.63) is 40.9 Å². The van der Waals surface area contributed by atoms with Crippen LogP contribution in [0.5, 0.6) is 0 Å². The van der Waals surface area contributed by atoms with Gasteiger partial charge < -0.3 is 5.32 Å². The first-order valence-corrected chi connectivity index (χ1v) is 7.30. The van der Waals surface area contributed by atoms with E-state index in [1.54, 1.807) is 10.3 Å². The molecule has 1 N–H and O–H groups in total. The number of hydrogen-bond acceptors (Lipinski definition) is 4. The zero-order valence-electron chi connectivity index (χ0n) is 11.7. The number of carbonyl (C=O) groups is 1. The Hall–Kier alpha value is -2.02. The number of carbonyl (C=O) groups excluding carboxylic acids is 1. The molecule has 21 heavy (non-hydrogen) atoms. The second-order valence-corrected chi connectivity index (χ2v) is 5.20. The van der Waals surface area contributed by atoms with E-state index in [-0.39, 0.29) is 11.6 Å². The Bertz CT molecular complexity index is 645. The molecule has 0 bridgehead atoms. The molecule has 0 aliphatic heterocycles. The van der Waals surface area contributed by atoms with Crippen LogP contribution in [0.25, 0.3) is 0 Å². The minimum absolute atomic E-state index is 0.0732. The molecule has 2 rings (SSSR count). The van der Waals surface area contributed by atoms with E-state index in [1.165, 1.54) is 30.4 Å².